The van der Waals surface area contributed by atoms with Gasteiger partial charge in [0, 0.05) is 18.1 Å². The maximum absolute atomic E-state index is 12.5. The Labute approximate surface area is 214 Å². The van der Waals surface area contributed by atoms with Crippen LogP contribution in [0.3, 0.4) is 0 Å². The predicted octanol–water partition coefficient (Wildman–Crippen LogP) is 0.810. The Hall–Kier alpha value is -3.91. The van der Waals surface area contributed by atoms with Crippen LogP contribution in [0.5, 0.6) is 34.5 Å². The molecule has 6 rings (SSSR count). The van der Waals surface area contributed by atoms with Crippen molar-refractivity contribution < 1.29 is 64.2 Å². The maximum Gasteiger partial charge on any atom is 0.378 e. The highest BCUT2D eigenvalue weighted by Crippen LogP contribution is 2.62. The molecule has 0 amide bonds. The van der Waals surface area contributed by atoms with Crippen LogP contribution in [0.4, 0.5) is 0 Å². The van der Waals surface area contributed by atoms with Gasteiger partial charge < -0.3 is 59.4 Å². The largest absolute Gasteiger partial charge is 0.507 e. The summed E-state index contributed by atoms with van der Waals surface area (Å²) in [6, 6.07) is 3.23. The van der Waals surface area contributed by atoms with E-state index in [-0.39, 0.29) is 39.7 Å². The third-order valence-corrected chi connectivity index (χ3v) is 7.38. The Kier molecular flexibility index (Phi) is 5.17. The lowest BCUT2D eigenvalue weighted by molar-refractivity contribution is -0.208. The second-order valence-corrected chi connectivity index (χ2v) is 9.65. The van der Waals surface area contributed by atoms with Crippen molar-refractivity contribution in [3.63, 3.8) is 0 Å². The fraction of sp³-hybridized carbons (Fsp3) is 0.400. The van der Waals surface area contributed by atoms with E-state index in [1.165, 1.54) is 13.8 Å². The first-order valence-electron chi connectivity index (χ1n) is 11.8. The number of rotatable bonds is 2. The number of cyclic esters (lactones) is 1. The third kappa shape index (κ3) is 3.10. The van der Waals surface area contributed by atoms with Gasteiger partial charge in [-0.3, -0.25) is 0 Å². The summed E-state index contributed by atoms with van der Waals surface area (Å²) in [4.78, 5) is 12.5. The summed E-state index contributed by atoms with van der Waals surface area (Å²) in [5.41, 5.74) is -0.603. The number of aliphatic hydroxyl groups is 3. The predicted molar refractivity (Wildman–Crippen MR) is 121 cm³/mol. The molecule has 13 heteroatoms. The third-order valence-electron chi connectivity index (χ3n) is 7.38. The van der Waals surface area contributed by atoms with E-state index in [9.17, 15) is 40.5 Å². The molecule has 13 nitrogen and oxygen atoms in total. The van der Waals surface area contributed by atoms with Crippen LogP contribution in [0.25, 0.3) is 0 Å². The molecule has 1 saturated heterocycles. The smallest absolute Gasteiger partial charge is 0.378 e. The van der Waals surface area contributed by atoms with E-state index in [2.05, 4.69) is 0 Å². The van der Waals surface area contributed by atoms with E-state index >= 15 is 0 Å². The Bertz CT molecular complexity index is 1400. The normalized spacial score (nSPS) is 33.1. The molecule has 3 unspecified atom stereocenters. The molecule has 7 N–H and O–H groups in total. The first-order valence-corrected chi connectivity index (χ1v) is 11.8. The van der Waals surface area contributed by atoms with Gasteiger partial charge in [-0.1, -0.05) is 6.92 Å². The second-order valence-electron chi connectivity index (χ2n) is 9.65. The molecule has 4 aliphatic heterocycles. The van der Waals surface area contributed by atoms with Crippen LogP contribution in [-0.4, -0.2) is 72.7 Å². The molecule has 2 aromatic rings. The van der Waals surface area contributed by atoms with E-state index in [1.807, 2.05) is 0 Å². The van der Waals surface area contributed by atoms with Gasteiger partial charge in [-0.25, -0.2) is 4.79 Å². The van der Waals surface area contributed by atoms with Gasteiger partial charge in [0.1, 0.15) is 40.8 Å². The molecule has 0 bridgehead atoms. The number of esters is 1. The van der Waals surface area contributed by atoms with Crippen molar-refractivity contribution in [2.75, 3.05) is 6.61 Å². The van der Waals surface area contributed by atoms with Gasteiger partial charge in [0.25, 0.3) is 5.76 Å². The van der Waals surface area contributed by atoms with Crippen LogP contribution in [0.15, 0.2) is 29.7 Å². The summed E-state index contributed by atoms with van der Waals surface area (Å²) in [5, 5.41) is 73.8. The van der Waals surface area contributed by atoms with Crippen LogP contribution >= 0.6 is 0 Å². The zero-order valence-electron chi connectivity index (χ0n) is 20.0. The summed E-state index contributed by atoms with van der Waals surface area (Å²) in [7, 11) is 0. The van der Waals surface area contributed by atoms with Crippen molar-refractivity contribution >= 4 is 5.97 Å². The molecule has 7 atom stereocenters. The average molecular weight is 532 g/mol. The summed E-state index contributed by atoms with van der Waals surface area (Å²) in [6.45, 7) is 2.45. The lowest BCUT2D eigenvalue weighted by Crippen LogP contribution is -2.50. The lowest BCUT2D eigenvalue weighted by atomic mass is 9.82. The number of carbonyl (C=O) groups is 1. The standard InChI is InChI=1S/C25H24O13/c1-7-18(30)15(6-26)36-22(19(7)31)16-12(29)5-14-17(20(16)32)25(9-3-10(27)11(28)4-13(9)35-14)37-21-8(2)34-24(33)23(21)38-25/h3-5,7-8,15,18-19,22,26-32H,6H2,1-2H3/t7-,8?,15+,18-,19+,22?,25?/m1/s1. The number of fused-ring (bicyclic) bond motifs is 4. The van der Waals surface area contributed by atoms with Crippen molar-refractivity contribution in [3.8, 4) is 34.5 Å². The number of phenolic OH excluding ortho intramolecular Hbond substituents is 4. The minimum atomic E-state index is -2.15. The Morgan fingerprint density at radius 2 is 1.61 bits per heavy atom. The SMILES string of the molecule is CC1OC(=O)C2=C1OC1(O2)c2cc(O)c(O)cc2Oc2cc(O)c(C3O[C@@H](CO)[C@H](O)[C@@H](C)[C@@H]3O)c(O)c21. The fourth-order valence-electron chi connectivity index (χ4n) is 5.34. The number of phenols is 4. The van der Waals surface area contributed by atoms with Crippen LogP contribution in [-0.2, 0) is 29.5 Å². The maximum atomic E-state index is 12.5. The molecule has 2 aromatic carbocycles. The van der Waals surface area contributed by atoms with E-state index < -0.39 is 77.8 Å². The highest BCUT2D eigenvalue weighted by molar-refractivity contribution is 5.90. The fourth-order valence-corrected chi connectivity index (χ4v) is 5.34. The zero-order valence-corrected chi connectivity index (χ0v) is 20.0. The van der Waals surface area contributed by atoms with E-state index in [0.29, 0.717) is 0 Å². The molecule has 0 aliphatic carbocycles. The van der Waals surface area contributed by atoms with Gasteiger partial charge in [0.2, 0.25) is 0 Å². The lowest BCUT2D eigenvalue weighted by Gasteiger charge is -2.42. The first kappa shape index (κ1) is 24.4. The number of ether oxygens (including phenoxy) is 5. The van der Waals surface area contributed by atoms with Crippen LogP contribution < -0.4 is 4.74 Å². The Morgan fingerprint density at radius 3 is 2.29 bits per heavy atom. The Morgan fingerprint density at radius 1 is 0.921 bits per heavy atom. The van der Waals surface area contributed by atoms with Gasteiger partial charge in [0.05, 0.1) is 29.9 Å². The molecule has 0 aromatic heterocycles. The van der Waals surface area contributed by atoms with Gasteiger partial charge in [-0.15, -0.1) is 0 Å². The van der Waals surface area contributed by atoms with E-state index in [4.69, 9.17) is 23.7 Å². The zero-order chi connectivity index (χ0) is 27.3. The number of benzene rings is 2. The molecule has 1 spiro atoms. The highest BCUT2D eigenvalue weighted by atomic mass is 16.8. The second kappa shape index (κ2) is 8.04. The molecular weight excluding hydrogens is 508 g/mol. The highest BCUT2D eigenvalue weighted by Gasteiger charge is 2.60. The minimum absolute atomic E-state index is 0.00132. The van der Waals surface area contributed by atoms with Crippen molar-refractivity contribution in [2.24, 2.45) is 5.92 Å². The molecule has 0 radical (unpaired) electrons. The van der Waals surface area contributed by atoms with E-state index in [1.54, 1.807) is 0 Å². The molecule has 4 aliphatic rings. The van der Waals surface area contributed by atoms with Gasteiger partial charge in [-0.05, 0) is 13.0 Å². The summed E-state index contributed by atoms with van der Waals surface area (Å²) in [6.07, 6.45) is -6.08. The summed E-state index contributed by atoms with van der Waals surface area (Å²) < 4.78 is 28.8. The minimum Gasteiger partial charge on any atom is -0.507 e. The molecule has 4 heterocycles. The van der Waals surface area contributed by atoms with Crippen LogP contribution in [0.1, 0.15) is 36.6 Å². The molecule has 202 valence electrons. The number of hydrogen-bond donors (Lipinski definition) is 7. The average Bonchev–Trinajstić information content (AvgIpc) is 3.37. The topological polar surface area (TPSA) is 205 Å². The number of aliphatic hydroxyl groups excluding tert-OH is 3. The molecule has 0 saturated carbocycles. The summed E-state index contributed by atoms with van der Waals surface area (Å²) in [5.74, 6) is -6.77. The van der Waals surface area contributed by atoms with E-state index in [0.717, 1.165) is 18.2 Å². The van der Waals surface area contributed by atoms with Gasteiger partial charge in [0.15, 0.2) is 23.4 Å². The van der Waals surface area contributed by atoms with Crippen LogP contribution in [0.2, 0.25) is 0 Å². The molecule has 38 heavy (non-hydrogen) atoms. The quantitative estimate of drug-likeness (QED) is 0.211. The van der Waals surface area contributed by atoms with Crippen LogP contribution in [0, 0.1) is 5.92 Å². The molecule has 1 fully saturated rings. The Balaban J connectivity index is 1.57. The van der Waals surface area contributed by atoms with Crippen molar-refractivity contribution in [1.82, 2.24) is 0 Å². The monoisotopic (exact) mass is 532 g/mol. The summed E-state index contributed by atoms with van der Waals surface area (Å²) >= 11 is 0. The van der Waals surface area contributed by atoms with Crippen molar-refractivity contribution in [1.29, 1.82) is 0 Å². The first-order chi connectivity index (χ1) is 18.0. The number of hydrogen-bond acceptors (Lipinski definition) is 13. The van der Waals surface area contributed by atoms with Gasteiger partial charge >= 0.3 is 11.8 Å². The molecular formula is C25H24O13. The number of carbonyl (C=O) groups excluding carboxylic acids is 1. The van der Waals surface area contributed by atoms with Crippen molar-refractivity contribution in [2.45, 2.75) is 50.2 Å². The van der Waals surface area contributed by atoms with Gasteiger partial charge in [-0.2, -0.15) is 0 Å². The van der Waals surface area contributed by atoms with Crippen molar-refractivity contribution in [3.05, 3.63) is 46.4 Å². The number of aromatic hydroxyl groups is 4.